The number of hydrogen-bond donors (Lipinski definition) is 1. The quantitative estimate of drug-likeness (QED) is 0.309. The molecule has 0 unspecified atom stereocenters. The summed E-state index contributed by atoms with van der Waals surface area (Å²) in [6.07, 6.45) is 3.91. The lowest BCUT2D eigenvalue weighted by atomic mass is 9.93. The highest BCUT2D eigenvalue weighted by Gasteiger charge is 2.33. The second-order valence-electron chi connectivity index (χ2n) is 9.58. The highest BCUT2D eigenvalue weighted by molar-refractivity contribution is 7.07. The van der Waals surface area contributed by atoms with Crippen molar-refractivity contribution in [3.63, 3.8) is 0 Å². The number of rotatable bonds is 9. The normalized spacial score (nSPS) is 15.2. The summed E-state index contributed by atoms with van der Waals surface area (Å²) in [6, 6.07) is 10.8. The van der Waals surface area contributed by atoms with Gasteiger partial charge >= 0.3 is 5.97 Å². The summed E-state index contributed by atoms with van der Waals surface area (Å²) in [5.74, 6) is 0.273. The van der Waals surface area contributed by atoms with Gasteiger partial charge in [0.25, 0.3) is 5.56 Å². The molecule has 0 saturated carbocycles. The minimum absolute atomic E-state index is 0.0647. The summed E-state index contributed by atoms with van der Waals surface area (Å²) in [4.78, 5) is 32.2. The van der Waals surface area contributed by atoms with Crippen LogP contribution in [0.25, 0.3) is 6.08 Å². The molecule has 8 heteroatoms. The van der Waals surface area contributed by atoms with Crippen molar-refractivity contribution >= 4 is 23.4 Å². The fraction of sp³-hybridized carbons (Fsp3) is 0.323. The van der Waals surface area contributed by atoms with Gasteiger partial charge in [0.15, 0.2) is 16.3 Å². The van der Waals surface area contributed by atoms with E-state index in [9.17, 15) is 14.7 Å². The number of hydrogen-bond acceptors (Lipinski definition) is 7. The van der Waals surface area contributed by atoms with Crippen molar-refractivity contribution in [2.24, 2.45) is 4.99 Å². The first-order valence-electron chi connectivity index (χ1n) is 13.1. The van der Waals surface area contributed by atoms with Crippen molar-refractivity contribution < 1.29 is 19.4 Å². The molecule has 0 aliphatic carbocycles. The Morgan fingerprint density at radius 3 is 2.54 bits per heavy atom. The van der Waals surface area contributed by atoms with E-state index in [0.717, 1.165) is 11.1 Å². The molecule has 0 fully saturated rings. The monoisotopic (exact) mass is 546 g/mol. The number of aromatic hydroxyl groups is 1. The number of ether oxygens (including phenoxy) is 2. The largest absolute Gasteiger partial charge is 0.504 e. The maximum Gasteiger partial charge on any atom is 0.338 e. The van der Waals surface area contributed by atoms with Gasteiger partial charge < -0.3 is 14.6 Å². The number of benzene rings is 2. The highest BCUT2D eigenvalue weighted by Crippen LogP contribution is 2.33. The van der Waals surface area contributed by atoms with Crippen LogP contribution in [-0.2, 0) is 16.0 Å². The lowest BCUT2D eigenvalue weighted by molar-refractivity contribution is -0.139. The first kappa shape index (κ1) is 28.1. The lowest BCUT2D eigenvalue weighted by Crippen LogP contribution is -2.39. The van der Waals surface area contributed by atoms with Crippen LogP contribution in [0.4, 0.5) is 0 Å². The Kier molecular flexibility index (Phi) is 8.55. The van der Waals surface area contributed by atoms with E-state index in [1.165, 1.54) is 11.3 Å². The van der Waals surface area contributed by atoms with Crippen LogP contribution in [0.5, 0.6) is 11.5 Å². The third kappa shape index (κ3) is 5.61. The fourth-order valence-corrected chi connectivity index (χ4v) is 5.72. The van der Waals surface area contributed by atoms with Crippen LogP contribution >= 0.6 is 11.3 Å². The Balaban J connectivity index is 1.93. The smallest absolute Gasteiger partial charge is 0.338 e. The van der Waals surface area contributed by atoms with E-state index < -0.39 is 12.0 Å². The zero-order valence-electron chi connectivity index (χ0n) is 23.0. The van der Waals surface area contributed by atoms with Gasteiger partial charge in [-0.05, 0) is 68.0 Å². The predicted molar refractivity (Wildman–Crippen MR) is 154 cm³/mol. The van der Waals surface area contributed by atoms with Crippen LogP contribution in [0.2, 0.25) is 0 Å². The van der Waals surface area contributed by atoms with Crippen LogP contribution in [0, 0.1) is 0 Å². The molecular formula is C31H34N2O5S. The van der Waals surface area contributed by atoms with Gasteiger partial charge in [0, 0.05) is 5.56 Å². The summed E-state index contributed by atoms with van der Waals surface area (Å²) < 4.78 is 13.0. The molecule has 0 saturated heterocycles. The molecule has 1 N–H and O–H groups in total. The maximum atomic E-state index is 13.9. The molecule has 3 aromatic rings. The van der Waals surface area contributed by atoms with E-state index in [2.05, 4.69) is 25.4 Å². The SMILES string of the molecule is C=CCc1cc(/C=c2/sc3n(c2=O)[C@@H](c2ccc(C(C)C)cc2)C(C(=O)OCC)=C(C)N=3)cc(OCC)c1O. The lowest BCUT2D eigenvalue weighted by Gasteiger charge is -2.25. The van der Waals surface area contributed by atoms with Gasteiger partial charge in [-0.15, -0.1) is 6.58 Å². The number of nitrogens with zero attached hydrogens (tertiary/aromatic N) is 2. The zero-order chi connectivity index (χ0) is 28.3. The van der Waals surface area contributed by atoms with Crippen molar-refractivity contribution in [3.05, 3.63) is 102 Å². The van der Waals surface area contributed by atoms with Crippen LogP contribution in [-0.4, -0.2) is 28.9 Å². The number of carbonyl (C=O) groups is 1. The molecule has 1 aliphatic rings. The molecule has 0 amide bonds. The highest BCUT2D eigenvalue weighted by atomic mass is 32.1. The van der Waals surface area contributed by atoms with Crippen molar-refractivity contribution in [1.82, 2.24) is 4.57 Å². The minimum Gasteiger partial charge on any atom is -0.504 e. The average molecular weight is 547 g/mol. The number of fused-ring (bicyclic) bond motifs is 1. The second kappa shape index (κ2) is 11.9. The molecule has 4 rings (SSSR count). The van der Waals surface area contributed by atoms with E-state index in [4.69, 9.17) is 9.47 Å². The Labute approximate surface area is 232 Å². The molecule has 7 nitrogen and oxygen atoms in total. The summed E-state index contributed by atoms with van der Waals surface area (Å²) in [5.41, 5.74) is 3.94. The van der Waals surface area contributed by atoms with Gasteiger partial charge in [-0.3, -0.25) is 9.36 Å². The first-order valence-corrected chi connectivity index (χ1v) is 13.9. The molecule has 0 bridgehead atoms. The molecule has 1 atom stereocenters. The van der Waals surface area contributed by atoms with Gasteiger partial charge in [-0.1, -0.05) is 55.5 Å². The molecule has 204 valence electrons. The van der Waals surface area contributed by atoms with Gasteiger partial charge in [-0.2, -0.15) is 0 Å². The third-order valence-corrected chi connectivity index (χ3v) is 7.56. The van der Waals surface area contributed by atoms with E-state index in [1.54, 1.807) is 36.6 Å². The van der Waals surface area contributed by atoms with E-state index >= 15 is 0 Å². The Bertz CT molecular complexity index is 1610. The molecule has 2 aromatic carbocycles. The summed E-state index contributed by atoms with van der Waals surface area (Å²) in [7, 11) is 0. The topological polar surface area (TPSA) is 90.1 Å². The number of phenolic OH excluding ortho intramolecular Hbond substituents is 1. The summed E-state index contributed by atoms with van der Waals surface area (Å²) in [5, 5.41) is 10.6. The third-order valence-electron chi connectivity index (χ3n) is 6.57. The maximum absolute atomic E-state index is 13.9. The second-order valence-corrected chi connectivity index (χ2v) is 10.6. The molecule has 0 radical (unpaired) electrons. The Morgan fingerprint density at radius 2 is 1.92 bits per heavy atom. The van der Waals surface area contributed by atoms with Crippen LogP contribution in [0.1, 0.15) is 68.8 Å². The molecular weight excluding hydrogens is 512 g/mol. The van der Waals surface area contributed by atoms with Gasteiger partial charge in [0.2, 0.25) is 0 Å². The van der Waals surface area contributed by atoms with E-state index in [1.807, 2.05) is 37.3 Å². The summed E-state index contributed by atoms with van der Waals surface area (Å²) in [6.45, 7) is 14.0. The van der Waals surface area contributed by atoms with Gasteiger partial charge in [-0.25, -0.2) is 9.79 Å². The number of phenols is 1. The average Bonchev–Trinajstić information content (AvgIpc) is 3.20. The van der Waals surface area contributed by atoms with Crippen molar-refractivity contribution in [1.29, 1.82) is 0 Å². The fourth-order valence-electron chi connectivity index (χ4n) is 4.67. The Hall–Kier alpha value is -3.91. The van der Waals surface area contributed by atoms with E-state index in [0.29, 0.717) is 56.4 Å². The number of esters is 1. The Morgan fingerprint density at radius 1 is 1.21 bits per heavy atom. The van der Waals surface area contributed by atoms with E-state index in [-0.39, 0.29) is 17.9 Å². The molecule has 1 aliphatic heterocycles. The van der Waals surface area contributed by atoms with Crippen molar-refractivity contribution in [2.45, 2.75) is 53.0 Å². The van der Waals surface area contributed by atoms with Gasteiger partial charge in [0.05, 0.1) is 35.1 Å². The van der Waals surface area contributed by atoms with Crippen LogP contribution in [0.3, 0.4) is 0 Å². The van der Waals surface area contributed by atoms with Crippen molar-refractivity contribution in [2.75, 3.05) is 13.2 Å². The number of carbonyl (C=O) groups excluding carboxylic acids is 1. The molecule has 39 heavy (non-hydrogen) atoms. The zero-order valence-corrected chi connectivity index (χ0v) is 23.8. The molecule has 0 spiro atoms. The van der Waals surface area contributed by atoms with Crippen LogP contribution in [0.15, 0.2) is 70.1 Å². The minimum atomic E-state index is -0.668. The number of allylic oxidation sites excluding steroid dienone is 2. The summed E-state index contributed by atoms with van der Waals surface area (Å²) >= 11 is 1.26. The number of aromatic nitrogens is 1. The number of thiazole rings is 1. The standard InChI is InChI=1S/C31H34N2O5S/c1-7-10-23-15-20(16-24(28(23)34)37-8-2)17-25-29(35)33-27(22-13-11-21(12-14-22)18(4)5)26(30(36)38-9-3)19(6)32-31(33)39-25/h7,11-18,27,34H,1,8-10H2,2-6H3/b25-17+/t27-/m0/s1. The molecule has 1 aromatic heterocycles. The first-order chi connectivity index (χ1) is 18.7. The van der Waals surface area contributed by atoms with Gasteiger partial charge in [0.1, 0.15) is 0 Å². The predicted octanol–water partition coefficient (Wildman–Crippen LogP) is 4.75. The van der Waals surface area contributed by atoms with Crippen molar-refractivity contribution in [3.8, 4) is 11.5 Å². The van der Waals surface area contributed by atoms with Crippen LogP contribution < -0.4 is 19.6 Å². The molecule has 2 heterocycles.